The summed E-state index contributed by atoms with van der Waals surface area (Å²) in [6.45, 7) is 3.65. The number of benzene rings is 1. The summed E-state index contributed by atoms with van der Waals surface area (Å²) in [6.07, 6.45) is 4.89. The molecule has 2 atom stereocenters. The fourth-order valence-electron chi connectivity index (χ4n) is 4.15. The molecule has 3 heterocycles. The first-order chi connectivity index (χ1) is 13.5. The van der Waals surface area contributed by atoms with Crippen LogP contribution in [0.5, 0.6) is 0 Å². The number of amides is 1. The molecule has 1 aromatic carbocycles. The second kappa shape index (κ2) is 7.62. The lowest BCUT2D eigenvalue weighted by Crippen LogP contribution is -2.53. The van der Waals surface area contributed by atoms with Crippen molar-refractivity contribution in [1.82, 2.24) is 14.9 Å². The topological polar surface area (TPSA) is 52.2 Å². The van der Waals surface area contributed by atoms with E-state index in [4.69, 9.17) is 0 Å². The minimum atomic E-state index is -0.302. The number of carbonyl (C=O) groups is 1. The Kier molecular flexibility index (Phi) is 5.03. The van der Waals surface area contributed by atoms with E-state index >= 15 is 0 Å². The molecule has 1 amide bonds. The molecule has 1 aliphatic rings. The van der Waals surface area contributed by atoms with Crippen LogP contribution in [0.15, 0.2) is 48.8 Å². The maximum atomic E-state index is 13.4. The first-order valence-corrected chi connectivity index (χ1v) is 9.70. The number of aromatic amines is 1. The number of fused-ring (bicyclic) bond motifs is 1. The van der Waals surface area contributed by atoms with Crippen molar-refractivity contribution in [3.63, 3.8) is 0 Å². The Bertz CT molecular complexity index is 985. The normalized spacial score (nSPS) is 19.8. The average molecular weight is 380 g/mol. The lowest BCUT2D eigenvalue weighted by molar-refractivity contribution is -0.132. The van der Waals surface area contributed by atoms with Crippen LogP contribution in [0.2, 0.25) is 0 Å². The molecule has 1 fully saturated rings. The van der Waals surface area contributed by atoms with Gasteiger partial charge in [0.15, 0.2) is 0 Å². The van der Waals surface area contributed by atoms with E-state index < -0.39 is 0 Å². The number of hydrogen-bond acceptors (Lipinski definition) is 3. The summed E-state index contributed by atoms with van der Waals surface area (Å²) < 4.78 is 13.4. The van der Waals surface area contributed by atoms with E-state index in [0.717, 1.165) is 35.2 Å². The number of likely N-dealkylation sites (tertiary alicyclic amines) is 1. The van der Waals surface area contributed by atoms with Crippen molar-refractivity contribution in [2.24, 2.45) is 5.92 Å². The largest absolute Gasteiger partial charge is 0.369 e. The average Bonchev–Trinajstić information content (AvgIpc) is 3.16. The van der Waals surface area contributed by atoms with E-state index in [1.165, 1.54) is 12.1 Å². The van der Waals surface area contributed by atoms with E-state index in [1.54, 1.807) is 12.1 Å². The van der Waals surface area contributed by atoms with Crippen LogP contribution < -0.4 is 4.90 Å². The van der Waals surface area contributed by atoms with Crippen LogP contribution in [-0.2, 0) is 11.2 Å². The maximum absolute atomic E-state index is 13.4. The monoisotopic (exact) mass is 380 g/mol. The lowest BCUT2D eigenvalue weighted by Gasteiger charge is -2.42. The van der Waals surface area contributed by atoms with Crippen LogP contribution in [0.1, 0.15) is 18.9 Å². The number of aromatic nitrogens is 2. The molecule has 4 rings (SSSR count). The Morgan fingerprint density at radius 3 is 3.04 bits per heavy atom. The number of likely N-dealkylation sites (N-methyl/N-ethyl adjacent to an activating group) is 1. The summed E-state index contributed by atoms with van der Waals surface area (Å²) in [6, 6.07) is 10.6. The van der Waals surface area contributed by atoms with Crippen LogP contribution in [0.4, 0.5) is 10.1 Å². The van der Waals surface area contributed by atoms with E-state index in [0.29, 0.717) is 12.5 Å². The number of nitrogens with zero attached hydrogens (tertiary/aromatic N) is 3. The Hall–Kier alpha value is -2.89. The molecule has 0 spiro atoms. The zero-order valence-corrected chi connectivity index (χ0v) is 16.2. The molecule has 28 heavy (non-hydrogen) atoms. The van der Waals surface area contributed by atoms with Crippen molar-refractivity contribution in [3.8, 4) is 0 Å². The summed E-state index contributed by atoms with van der Waals surface area (Å²) in [5.41, 5.74) is 2.70. The lowest BCUT2D eigenvalue weighted by atomic mass is 9.91. The predicted molar refractivity (Wildman–Crippen MR) is 109 cm³/mol. The molecule has 6 heteroatoms. The number of H-pyrrole nitrogens is 1. The SMILES string of the molecule is C[C@@H]1CCN(C(=O)Cc2cccc(F)c2)CC1N(C)c1ccnc2[nH]ccc12. The third kappa shape index (κ3) is 3.59. The highest BCUT2D eigenvalue weighted by molar-refractivity contribution is 5.89. The van der Waals surface area contributed by atoms with Gasteiger partial charge in [0.2, 0.25) is 5.91 Å². The van der Waals surface area contributed by atoms with Gasteiger partial charge in [0.25, 0.3) is 0 Å². The van der Waals surface area contributed by atoms with Crippen LogP contribution in [-0.4, -0.2) is 47.0 Å². The molecule has 0 aliphatic carbocycles. The van der Waals surface area contributed by atoms with Crippen LogP contribution in [0, 0.1) is 11.7 Å². The molecule has 1 N–H and O–H groups in total. The smallest absolute Gasteiger partial charge is 0.227 e. The summed E-state index contributed by atoms with van der Waals surface area (Å²) in [4.78, 5) is 24.5. The Morgan fingerprint density at radius 1 is 1.36 bits per heavy atom. The Morgan fingerprint density at radius 2 is 2.21 bits per heavy atom. The number of nitrogens with one attached hydrogen (secondary N) is 1. The minimum absolute atomic E-state index is 0.0532. The number of halogens is 1. The Balaban J connectivity index is 1.51. The van der Waals surface area contributed by atoms with Crippen molar-refractivity contribution in [2.45, 2.75) is 25.8 Å². The number of hydrogen-bond donors (Lipinski definition) is 1. The predicted octanol–water partition coefficient (Wildman–Crippen LogP) is 3.62. The van der Waals surface area contributed by atoms with Gasteiger partial charge in [-0.2, -0.15) is 0 Å². The van der Waals surface area contributed by atoms with Gasteiger partial charge in [-0.25, -0.2) is 9.37 Å². The molecule has 3 aromatic rings. The molecular weight excluding hydrogens is 355 g/mol. The molecule has 5 nitrogen and oxygen atoms in total. The number of anilines is 1. The van der Waals surface area contributed by atoms with Gasteiger partial charge in [0, 0.05) is 49.6 Å². The van der Waals surface area contributed by atoms with Crippen molar-refractivity contribution < 1.29 is 9.18 Å². The first-order valence-electron chi connectivity index (χ1n) is 9.70. The molecule has 1 aliphatic heterocycles. The van der Waals surface area contributed by atoms with E-state index in [2.05, 4.69) is 28.8 Å². The van der Waals surface area contributed by atoms with Gasteiger partial charge in [-0.05, 0) is 42.2 Å². The zero-order valence-electron chi connectivity index (χ0n) is 16.2. The fraction of sp³-hybridized carbons (Fsp3) is 0.364. The molecule has 0 saturated carbocycles. The van der Waals surface area contributed by atoms with Crippen molar-refractivity contribution in [3.05, 3.63) is 60.2 Å². The summed E-state index contributed by atoms with van der Waals surface area (Å²) >= 11 is 0. The molecular formula is C22H25FN4O. The third-order valence-corrected chi connectivity index (χ3v) is 5.83. The van der Waals surface area contributed by atoms with Gasteiger partial charge in [0.05, 0.1) is 6.42 Å². The van der Waals surface area contributed by atoms with Crippen LogP contribution in [0.3, 0.4) is 0 Å². The summed E-state index contributed by atoms with van der Waals surface area (Å²) in [7, 11) is 2.09. The molecule has 1 saturated heterocycles. The van der Waals surface area contributed by atoms with Crippen molar-refractivity contribution in [2.75, 3.05) is 25.0 Å². The molecule has 0 bridgehead atoms. The number of rotatable bonds is 4. The van der Waals surface area contributed by atoms with E-state index in [1.807, 2.05) is 29.4 Å². The molecule has 146 valence electrons. The van der Waals surface area contributed by atoms with Crippen molar-refractivity contribution >= 4 is 22.6 Å². The Labute approximate surface area is 164 Å². The maximum Gasteiger partial charge on any atom is 0.227 e. The highest BCUT2D eigenvalue weighted by Gasteiger charge is 2.32. The number of carbonyl (C=O) groups excluding carboxylic acids is 1. The van der Waals surface area contributed by atoms with Crippen LogP contribution >= 0.6 is 0 Å². The quantitative estimate of drug-likeness (QED) is 0.752. The fourth-order valence-corrected chi connectivity index (χ4v) is 4.15. The molecule has 2 aromatic heterocycles. The van der Waals surface area contributed by atoms with Gasteiger partial charge >= 0.3 is 0 Å². The van der Waals surface area contributed by atoms with Gasteiger partial charge in [-0.15, -0.1) is 0 Å². The summed E-state index contributed by atoms with van der Waals surface area (Å²) in [5, 5.41) is 1.08. The highest BCUT2D eigenvalue weighted by Crippen LogP contribution is 2.30. The summed E-state index contributed by atoms with van der Waals surface area (Å²) in [5.74, 6) is 0.214. The van der Waals surface area contributed by atoms with Crippen LogP contribution in [0.25, 0.3) is 11.0 Å². The number of pyridine rings is 1. The van der Waals surface area contributed by atoms with Gasteiger partial charge in [0.1, 0.15) is 11.5 Å². The first kappa shape index (κ1) is 18.5. The van der Waals surface area contributed by atoms with Gasteiger partial charge in [-0.3, -0.25) is 4.79 Å². The third-order valence-electron chi connectivity index (χ3n) is 5.83. The number of piperidine rings is 1. The van der Waals surface area contributed by atoms with Gasteiger partial charge in [-0.1, -0.05) is 19.1 Å². The second-order valence-corrected chi connectivity index (χ2v) is 7.66. The van der Waals surface area contributed by atoms with E-state index in [-0.39, 0.29) is 24.2 Å². The molecule has 0 radical (unpaired) electrons. The van der Waals surface area contributed by atoms with Gasteiger partial charge < -0.3 is 14.8 Å². The minimum Gasteiger partial charge on any atom is -0.369 e. The second-order valence-electron chi connectivity index (χ2n) is 7.66. The zero-order chi connectivity index (χ0) is 19.7. The van der Waals surface area contributed by atoms with E-state index in [9.17, 15) is 9.18 Å². The highest BCUT2D eigenvalue weighted by atomic mass is 19.1. The van der Waals surface area contributed by atoms with Crippen molar-refractivity contribution in [1.29, 1.82) is 0 Å². The molecule has 1 unspecified atom stereocenters. The standard InChI is InChI=1S/C22H25FN4O/c1-15-8-11-27(21(28)13-16-4-3-5-17(23)12-16)14-20(15)26(2)19-7-10-25-22-18(19)6-9-24-22/h3-7,9-10,12,15,20H,8,11,13-14H2,1-2H3,(H,24,25)/t15-,20?/m1/s1.